The SMILES string of the molecule is CC(C)CCC(=O)N1CC2(C[C@@H](Oc3ncccc3F)CS2)C1. The zero-order valence-corrected chi connectivity index (χ0v) is 14.4. The minimum Gasteiger partial charge on any atom is -0.471 e. The minimum absolute atomic E-state index is 0.0303. The summed E-state index contributed by atoms with van der Waals surface area (Å²) in [5.74, 6) is 1.30. The normalized spacial score (nSPS) is 22.4. The molecule has 0 saturated carbocycles. The van der Waals surface area contributed by atoms with E-state index >= 15 is 0 Å². The molecule has 2 aliphatic heterocycles. The fourth-order valence-electron chi connectivity index (χ4n) is 3.11. The molecule has 126 valence electrons. The number of amides is 1. The van der Waals surface area contributed by atoms with Crippen molar-refractivity contribution in [1.29, 1.82) is 0 Å². The lowest BCUT2D eigenvalue weighted by atomic mass is 9.92. The van der Waals surface area contributed by atoms with E-state index in [0.717, 1.165) is 31.7 Å². The number of carbonyl (C=O) groups excluding carboxylic acids is 1. The number of likely N-dealkylation sites (tertiary alicyclic amines) is 1. The van der Waals surface area contributed by atoms with E-state index in [2.05, 4.69) is 18.8 Å². The third-order valence-electron chi connectivity index (χ3n) is 4.42. The van der Waals surface area contributed by atoms with Gasteiger partial charge in [0.15, 0.2) is 5.82 Å². The van der Waals surface area contributed by atoms with Gasteiger partial charge in [-0.2, -0.15) is 0 Å². The summed E-state index contributed by atoms with van der Waals surface area (Å²) in [4.78, 5) is 18.0. The van der Waals surface area contributed by atoms with Crippen LogP contribution in [0.1, 0.15) is 33.1 Å². The number of aromatic nitrogens is 1. The predicted molar refractivity (Wildman–Crippen MR) is 89.1 cm³/mol. The number of thioether (sulfide) groups is 1. The van der Waals surface area contributed by atoms with Gasteiger partial charge < -0.3 is 9.64 Å². The molecule has 2 saturated heterocycles. The number of ether oxygens (including phenoxy) is 1. The molecule has 1 spiro atoms. The second-order valence-electron chi connectivity index (χ2n) is 6.91. The molecule has 0 unspecified atom stereocenters. The van der Waals surface area contributed by atoms with Gasteiger partial charge in [0.2, 0.25) is 5.91 Å². The summed E-state index contributed by atoms with van der Waals surface area (Å²) >= 11 is 1.84. The van der Waals surface area contributed by atoms with E-state index in [9.17, 15) is 9.18 Å². The maximum absolute atomic E-state index is 13.6. The second-order valence-corrected chi connectivity index (χ2v) is 8.40. The summed E-state index contributed by atoms with van der Waals surface area (Å²) in [7, 11) is 0. The molecule has 23 heavy (non-hydrogen) atoms. The van der Waals surface area contributed by atoms with Crippen molar-refractivity contribution in [3.05, 3.63) is 24.1 Å². The number of carbonyl (C=O) groups is 1. The van der Waals surface area contributed by atoms with Crippen LogP contribution in [0.5, 0.6) is 5.88 Å². The topological polar surface area (TPSA) is 42.4 Å². The Morgan fingerprint density at radius 3 is 3.04 bits per heavy atom. The number of hydrogen-bond donors (Lipinski definition) is 0. The molecule has 3 rings (SSSR count). The van der Waals surface area contributed by atoms with Crippen molar-refractivity contribution in [1.82, 2.24) is 9.88 Å². The Hall–Kier alpha value is -1.30. The molecule has 3 heterocycles. The Kier molecular flexibility index (Phi) is 4.80. The lowest BCUT2D eigenvalue weighted by Crippen LogP contribution is -2.60. The Morgan fingerprint density at radius 1 is 1.57 bits per heavy atom. The van der Waals surface area contributed by atoms with Gasteiger partial charge in [-0.15, -0.1) is 11.8 Å². The van der Waals surface area contributed by atoms with E-state index in [1.54, 1.807) is 6.07 Å². The molecule has 0 N–H and O–H groups in total. The van der Waals surface area contributed by atoms with Gasteiger partial charge in [-0.3, -0.25) is 4.79 Å². The molecule has 1 amide bonds. The van der Waals surface area contributed by atoms with Crippen molar-refractivity contribution in [3.63, 3.8) is 0 Å². The Bertz CT molecular complexity index is 575. The van der Waals surface area contributed by atoms with Crippen LogP contribution in [0.4, 0.5) is 4.39 Å². The van der Waals surface area contributed by atoms with E-state index in [-0.39, 0.29) is 22.6 Å². The summed E-state index contributed by atoms with van der Waals surface area (Å²) in [6.45, 7) is 5.85. The van der Waals surface area contributed by atoms with Gasteiger partial charge >= 0.3 is 0 Å². The van der Waals surface area contributed by atoms with E-state index in [0.29, 0.717) is 12.3 Å². The molecule has 6 heteroatoms. The van der Waals surface area contributed by atoms with Gasteiger partial charge in [-0.05, 0) is 24.5 Å². The highest BCUT2D eigenvalue weighted by atomic mass is 32.2. The van der Waals surface area contributed by atoms with Crippen LogP contribution in [-0.4, -0.2) is 45.5 Å². The lowest BCUT2D eigenvalue weighted by molar-refractivity contribution is -0.136. The van der Waals surface area contributed by atoms with Crippen molar-refractivity contribution >= 4 is 17.7 Å². The van der Waals surface area contributed by atoms with Crippen molar-refractivity contribution < 1.29 is 13.9 Å². The first-order valence-electron chi connectivity index (χ1n) is 8.16. The molecule has 0 radical (unpaired) electrons. The van der Waals surface area contributed by atoms with Crippen molar-refractivity contribution in [2.24, 2.45) is 5.92 Å². The highest BCUT2D eigenvalue weighted by molar-refractivity contribution is 8.01. The zero-order chi connectivity index (χ0) is 16.4. The van der Waals surface area contributed by atoms with Crippen LogP contribution in [0.2, 0.25) is 0 Å². The van der Waals surface area contributed by atoms with Crippen LogP contribution in [0.3, 0.4) is 0 Å². The zero-order valence-electron chi connectivity index (χ0n) is 13.6. The standard InChI is InChI=1S/C17H23FN2O2S/c1-12(2)5-6-15(21)20-10-17(11-20)8-13(9-23-17)22-16-14(18)4-3-7-19-16/h3-4,7,12-13H,5-6,8-11H2,1-2H3/t13-/m1/s1. The van der Waals surface area contributed by atoms with Crippen molar-refractivity contribution in [3.8, 4) is 5.88 Å². The molecule has 1 aromatic rings. The lowest BCUT2D eigenvalue weighted by Gasteiger charge is -2.47. The number of rotatable bonds is 5. The molecule has 2 fully saturated rings. The second kappa shape index (κ2) is 6.67. The minimum atomic E-state index is -0.419. The van der Waals surface area contributed by atoms with Gasteiger partial charge in [0.1, 0.15) is 6.10 Å². The Labute approximate surface area is 140 Å². The Balaban J connectivity index is 1.48. The fourth-order valence-corrected chi connectivity index (χ4v) is 4.63. The molecular formula is C17H23FN2O2S. The largest absolute Gasteiger partial charge is 0.471 e. The monoisotopic (exact) mass is 338 g/mol. The first-order valence-corrected chi connectivity index (χ1v) is 9.15. The van der Waals surface area contributed by atoms with E-state index in [1.165, 1.54) is 12.3 Å². The first-order chi connectivity index (χ1) is 11.0. The van der Waals surface area contributed by atoms with Crippen molar-refractivity contribution in [2.45, 2.75) is 44.0 Å². The summed E-state index contributed by atoms with van der Waals surface area (Å²) < 4.78 is 19.4. The summed E-state index contributed by atoms with van der Waals surface area (Å²) in [5.41, 5.74) is 0. The Morgan fingerprint density at radius 2 is 2.35 bits per heavy atom. The summed E-state index contributed by atoms with van der Waals surface area (Å²) in [5, 5.41) is 0. The molecule has 0 aliphatic carbocycles. The van der Waals surface area contributed by atoms with Crippen LogP contribution in [-0.2, 0) is 4.79 Å². The number of hydrogen-bond acceptors (Lipinski definition) is 4. The van der Waals surface area contributed by atoms with Gasteiger partial charge in [0, 0.05) is 37.9 Å². The van der Waals surface area contributed by atoms with Gasteiger partial charge in [-0.1, -0.05) is 13.8 Å². The third-order valence-corrected chi connectivity index (χ3v) is 6.00. The molecule has 1 aromatic heterocycles. The first kappa shape index (κ1) is 16.6. The van der Waals surface area contributed by atoms with Crippen LogP contribution < -0.4 is 4.74 Å². The number of pyridine rings is 1. The highest BCUT2D eigenvalue weighted by Crippen LogP contribution is 2.46. The maximum Gasteiger partial charge on any atom is 0.250 e. The molecule has 0 bridgehead atoms. The van der Waals surface area contributed by atoms with Crippen LogP contribution in [0.25, 0.3) is 0 Å². The van der Waals surface area contributed by atoms with Gasteiger partial charge in [-0.25, -0.2) is 9.37 Å². The summed E-state index contributed by atoms with van der Waals surface area (Å²) in [6.07, 6.45) is 3.94. The summed E-state index contributed by atoms with van der Waals surface area (Å²) in [6, 6.07) is 2.92. The van der Waals surface area contributed by atoms with Gasteiger partial charge in [0.25, 0.3) is 5.88 Å². The molecular weight excluding hydrogens is 315 g/mol. The van der Waals surface area contributed by atoms with E-state index in [4.69, 9.17) is 4.74 Å². The van der Waals surface area contributed by atoms with Crippen LogP contribution in [0.15, 0.2) is 18.3 Å². The molecule has 2 aliphatic rings. The number of nitrogens with zero attached hydrogens (tertiary/aromatic N) is 2. The quantitative estimate of drug-likeness (QED) is 0.827. The van der Waals surface area contributed by atoms with Gasteiger partial charge in [0.05, 0.1) is 4.75 Å². The highest BCUT2D eigenvalue weighted by Gasteiger charge is 2.51. The van der Waals surface area contributed by atoms with Crippen LogP contribution >= 0.6 is 11.8 Å². The van der Waals surface area contributed by atoms with Crippen LogP contribution in [0, 0.1) is 11.7 Å². The fraction of sp³-hybridized carbons (Fsp3) is 0.647. The van der Waals surface area contributed by atoms with Crippen molar-refractivity contribution in [2.75, 3.05) is 18.8 Å². The average Bonchev–Trinajstić information content (AvgIpc) is 2.90. The van der Waals surface area contributed by atoms with E-state index < -0.39 is 5.82 Å². The number of halogens is 1. The molecule has 4 nitrogen and oxygen atoms in total. The third kappa shape index (κ3) is 3.79. The molecule has 0 aromatic carbocycles. The molecule has 1 atom stereocenters. The van der Waals surface area contributed by atoms with E-state index in [1.807, 2.05) is 16.7 Å². The average molecular weight is 338 g/mol. The predicted octanol–water partition coefficient (Wildman–Crippen LogP) is 3.12. The smallest absolute Gasteiger partial charge is 0.250 e. The maximum atomic E-state index is 13.6.